The summed E-state index contributed by atoms with van der Waals surface area (Å²) < 4.78 is 10.6. The maximum Gasteiger partial charge on any atom is 0.309 e. The number of hydrogen-bond acceptors (Lipinski definition) is 4. The molecule has 1 saturated carbocycles. The molecule has 0 N–H and O–H groups in total. The summed E-state index contributed by atoms with van der Waals surface area (Å²) >= 11 is 0. The van der Waals surface area contributed by atoms with Crippen LogP contribution in [0, 0.1) is 11.8 Å². The number of esters is 1. The molecule has 0 unspecified atom stereocenters. The third-order valence-electron chi connectivity index (χ3n) is 4.53. The highest BCUT2D eigenvalue weighted by atomic mass is 16.5. The number of nitrogens with zero attached hydrogens (tertiary/aromatic N) is 1. The molecule has 0 bridgehead atoms. The molecule has 1 aliphatic carbocycles. The van der Waals surface area contributed by atoms with Gasteiger partial charge in [0.1, 0.15) is 0 Å². The van der Waals surface area contributed by atoms with Crippen molar-refractivity contribution in [1.29, 1.82) is 0 Å². The van der Waals surface area contributed by atoms with Crippen molar-refractivity contribution in [1.82, 2.24) is 4.90 Å². The van der Waals surface area contributed by atoms with E-state index in [1.165, 1.54) is 0 Å². The fourth-order valence-corrected chi connectivity index (χ4v) is 3.21. The maximum absolute atomic E-state index is 12.2. The van der Waals surface area contributed by atoms with Gasteiger partial charge in [-0.15, -0.1) is 0 Å². The first kappa shape index (κ1) is 16.3. The minimum atomic E-state index is -0.108. The Morgan fingerprint density at radius 3 is 2.33 bits per heavy atom. The second kappa shape index (κ2) is 7.78. The lowest BCUT2D eigenvalue weighted by molar-refractivity contribution is -0.151. The molecule has 5 heteroatoms. The Balaban J connectivity index is 1.66. The zero-order valence-electron chi connectivity index (χ0n) is 13.2. The number of likely N-dealkylation sites (tertiary alicyclic amines) is 1. The van der Waals surface area contributed by atoms with Crippen molar-refractivity contribution in [2.24, 2.45) is 11.8 Å². The zero-order chi connectivity index (χ0) is 15.2. The second-order valence-electron chi connectivity index (χ2n) is 6.03. The van der Waals surface area contributed by atoms with E-state index in [2.05, 4.69) is 0 Å². The van der Waals surface area contributed by atoms with Crippen molar-refractivity contribution in [3.05, 3.63) is 0 Å². The molecule has 0 atom stereocenters. The van der Waals surface area contributed by atoms with Gasteiger partial charge in [-0.3, -0.25) is 9.59 Å². The maximum atomic E-state index is 12.2. The van der Waals surface area contributed by atoms with Gasteiger partial charge in [-0.1, -0.05) is 0 Å². The van der Waals surface area contributed by atoms with Crippen LogP contribution < -0.4 is 0 Å². The van der Waals surface area contributed by atoms with Gasteiger partial charge < -0.3 is 14.4 Å². The van der Waals surface area contributed by atoms with Gasteiger partial charge >= 0.3 is 5.97 Å². The molecule has 0 aromatic carbocycles. The number of rotatable bonds is 6. The molecule has 1 saturated heterocycles. The third-order valence-corrected chi connectivity index (χ3v) is 4.53. The third kappa shape index (κ3) is 4.43. The van der Waals surface area contributed by atoms with Crippen molar-refractivity contribution in [2.75, 3.05) is 26.3 Å². The lowest BCUT2D eigenvalue weighted by Gasteiger charge is -2.37. The van der Waals surface area contributed by atoms with E-state index in [4.69, 9.17) is 9.47 Å². The molecule has 2 aliphatic rings. The van der Waals surface area contributed by atoms with Crippen molar-refractivity contribution in [3.63, 3.8) is 0 Å². The van der Waals surface area contributed by atoms with Gasteiger partial charge in [0, 0.05) is 26.1 Å². The van der Waals surface area contributed by atoms with Crippen molar-refractivity contribution in [2.45, 2.75) is 52.1 Å². The minimum absolute atomic E-state index is 0.0277. The van der Waals surface area contributed by atoms with Gasteiger partial charge in [0.25, 0.3) is 0 Å². The molecular formula is C16H27NO4. The summed E-state index contributed by atoms with van der Waals surface area (Å²) in [6.45, 7) is 6.39. The van der Waals surface area contributed by atoms with Gasteiger partial charge in [0.05, 0.1) is 18.6 Å². The first-order valence-electron chi connectivity index (χ1n) is 8.20. The topological polar surface area (TPSA) is 55.8 Å². The van der Waals surface area contributed by atoms with Gasteiger partial charge in [-0.2, -0.15) is 0 Å². The molecule has 1 aliphatic heterocycles. The fourth-order valence-electron chi connectivity index (χ4n) is 3.21. The molecule has 1 heterocycles. The summed E-state index contributed by atoms with van der Waals surface area (Å²) in [5, 5.41) is 0. The van der Waals surface area contributed by atoms with Crippen molar-refractivity contribution in [3.8, 4) is 0 Å². The first-order valence-corrected chi connectivity index (χ1v) is 8.20. The van der Waals surface area contributed by atoms with E-state index in [0.717, 1.165) is 32.3 Å². The highest BCUT2D eigenvalue weighted by Crippen LogP contribution is 2.33. The van der Waals surface area contributed by atoms with Gasteiger partial charge in [0.2, 0.25) is 5.91 Å². The average molecular weight is 297 g/mol. The summed E-state index contributed by atoms with van der Waals surface area (Å²) in [4.78, 5) is 25.8. The van der Waals surface area contributed by atoms with Gasteiger partial charge in [0.15, 0.2) is 0 Å². The van der Waals surface area contributed by atoms with Crippen LogP contribution in [0.3, 0.4) is 0 Å². The number of hydrogen-bond donors (Lipinski definition) is 0. The molecule has 5 nitrogen and oxygen atoms in total. The van der Waals surface area contributed by atoms with Crippen LogP contribution in [0.25, 0.3) is 0 Å². The number of carbonyl (C=O) groups excluding carboxylic acids is 2. The van der Waals surface area contributed by atoms with E-state index in [1.807, 2.05) is 18.7 Å². The van der Waals surface area contributed by atoms with E-state index in [1.54, 1.807) is 0 Å². The molecular weight excluding hydrogens is 270 g/mol. The molecule has 1 amide bonds. The van der Waals surface area contributed by atoms with Crippen LogP contribution in [0.15, 0.2) is 0 Å². The molecule has 0 radical (unpaired) electrons. The highest BCUT2D eigenvalue weighted by molar-refractivity contribution is 5.77. The van der Waals surface area contributed by atoms with E-state index in [9.17, 15) is 9.59 Å². The normalized spacial score (nSPS) is 26.3. The SMILES string of the molecule is CCOC(=O)C1CCN(C(=O)CC2CC(OCC)C2)CC1. The highest BCUT2D eigenvalue weighted by Gasteiger charge is 2.34. The summed E-state index contributed by atoms with van der Waals surface area (Å²) in [5.74, 6) is 0.581. The van der Waals surface area contributed by atoms with Crippen LogP contribution in [0.1, 0.15) is 46.0 Å². The van der Waals surface area contributed by atoms with Crippen molar-refractivity contribution >= 4 is 11.9 Å². The zero-order valence-corrected chi connectivity index (χ0v) is 13.2. The molecule has 2 fully saturated rings. The summed E-state index contributed by atoms with van der Waals surface area (Å²) in [7, 11) is 0. The number of ether oxygens (including phenoxy) is 2. The fraction of sp³-hybridized carbons (Fsp3) is 0.875. The molecule has 21 heavy (non-hydrogen) atoms. The lowest BCUT2D eigenvalue weighted by Crippen LogP contribution is -2.43. The second-order valence-corrected chi connectivity index (χ2v) is 6.03. The summed E-state index contributed by atoms with van der Waals surface area (Å²) in [6, 6.07) is 0. The average Bonchev–Trinajstić information content (AvgIpc) is 2.45. The largest absolute Gasteiger partial charge is 0.466 e. The van der Waals surface area contributed by atoms with Crippen LogP contribution in [-0.4, -0.2) is 49.2 Å². The Morgan fingerprint density at radius 2 is 1.76 bits per heavy atom. The smallest absolute Gasteiger partial charge is 0.309 e. The number of piperidine rings is 1. The summed E-state index contributed by atoms with van der Waals surface area (Å²) in [5.41, 5.74) is 0. The first-order chi connectivity index (χ1) is 10.1. The monoisotopic (exact) mass is 297 g/mol. The van der Waals surface area contributed by atoms with Gasteiger partial charge in [-0.25, -0.2) is 0 Å². The minimum Gasteiger partial charge on any atom is -0.466 e. The Morgan fingerprint density at radius 1 is 1.10 bits per heavy atom. The molecule has 0 aromatic rings. The van der Waals surface area contributed by atoms with Crippen LogP contribution in [0.2, 0.25) is 0 Å². The molecule has 120 valence electrons. The van der Waals surface area contributed by atoms with Gasteiger partial charge in [-0.05, 0) is 45.4 Å². The number of carbonyl (C=O) groups is 2. The predicted molar refractivity (Wildman–Crippen MR) is 78.7 cm³/mol. The lowest BCUT2D eigenvalue weighted by atomic mass is 9.79. The Labute approximate surface area is 127 Å². The quantitative estimate of drug-likeness (QED) is 0.704. The summed E-state index contributed by atoms with van der Waals surface area (Å²) in [6.07, 6.45) is 4.49. The Kier molecular flexibility index (Phi) is 6.03. The predicted octanol–water partition coefficient (Wildman–Crippen LogP) is 1.99. The van der Waals surface area contributed by atoms with Crippen molar-refractivity contribution < 1.29 is 19.1 Å². The van der Waals surface area contributed by atoms with E-state index in [0.29, 0.717) is 38.1 Å². The van der Waals surface area contributed by atoms with E-state index in [-0.39, 0.29) is 17.8 Å². The van der Waals surface area contributed by atoms with E-state index >= 15 is 0 Å². The Hall–Kier alpha value is -1.10. The van der Waals surface area contributed by atoms with Crippen LogP contribution in [0.4, 0.5) is 0 Å². The van der Waals surface area contributed by atoms with Crippen LogP contribution in [-0.2, 0) is 19.1 Å². The van der Waals surface area contributed by atoms with Crippen LogP contribution >= 0.6 is 0 Å². The standard InChI is InChI=1S/C16H27NO4/c1-3-20-14-9-12(10-14)11-15(18)17-7-5-13(6-8-17)16(19)21-4-2/h12-14H,3-11H2,1-2H3. The van der Waals surface area contributed by atoms with Crippen LogP contribution in [0.5, 0.6) is 0 Å². The molecule has 2 rings (SSSR count). The molecule has 0 aromatic heterocycles. The molecule has 0 spiro atoms. The Bertz CT molecular complexity index is 357. The number of amides is 1. The van der Waals surface area contributed by atoms with E-state index < -0.39 is 0 Å².